The molecule has 0 aromatic carbocycles. The van der Waals surface area contributed by atoms with Crippen LogP contribution in [-0.2, 0) is 6.54 Å². The zero-order valence-corrected chi connectivity index (χ0v) is 9.62. The summed E-state index contributed by atoms with van der Waals surface area (Å²) in [6, 6.07) is 3.95. The highest BCUT2D eigenvalue weighted by atomic mass is 15.2. The predicted molar refractivity (Wildman–Crippen MR) is 62.9 cm³/mol. The molecule has 0 bridgehead atoms. The molecule has 1 rings (SSSR count). The van der Waals surface area contributed by atoms with E-state index in [-0.39, 0.29) is 0 Å². The SMILES string of the molecule is C=C(C)CN(C)c1ccc(CNC)nn1. The van der Waals surface area contributed by atoms with Crippen LogP contribution in [0.1, 0.15) is 12.6 Å². The number of hydrogen-bond acceptors (Lipinski definition) is 4. The van der Waals surface area contributed by atoms with Crippen LogP contribution in [0.3, 0.4) is 0 Å². The van der Waals surface area contributed by atoms with Gasteiger partial charge in [-0.05, 0) is 26.1 Å². The fourth-order valence-corrected chi connectivity index (χ4v) is 1.32. The topological polar surface area (TPSA) is 41.0 Å². The highest BCUT2D eigenvalue weighted by Gasteiger charge is 2.02. The van der Waals surface area contributed by atoms with Gasteiger partial charge in [-0.3, -0.25) is 0 Å². The summed E-state index contributed by atoms with van der Waals surface area (Å²) >= 11 is 0. The van der Waals surface area contributed by atoms with Crippen molar-refractivity contribution in [2.75, 3.05) is 25.5 Å². The van der Waals surface area contributed by atoms with Gasteiger partial charge in [0.2, 0.25) is 0 Å². The molecule has 0 saturated heterocycles. The fraction of sp³-hybridized carbons (Fsp3) is 0.455. The highest BCUT2D eigenvalue weighted by molar-refractivity contribution is 5.37. The van der Waals surface area contributed by atoms with Gasteiger partial charge >= 0.3 is 0 Å². The molecule has 0 aliphatic heterocycles. The molecule has 0 aliphatic carbocycles. The summed E-state index contributed by atoms with van der Waals surface area (Å²) in [7, 11) is 3.87. The summed E-state index contributed by atoms with van der Waals surface area (Å²) in [6.45, 7) is 7.42. The average Bonchev–Trinajstić information content (AvgIpc) is 2.18. The van der Waals surface area contributed by atoms with Crippen LogP contribution >= 0.6 is 0 Å². The molecule has 4 heteroatoms. The molecule has 15 heavy (non-hydrogen) atoms. The van der Waals surface area contributed by atoms with Crippen molar-refractivity contribution in [3.05, 3.63) is 30.0 Å². The Balaban J connectivity index is 2.66. The van der Waals surface area contributed by atoms with E-state index in [1.165, 1.54) is 0 Å². The third-order valence-corrected chi connectivity index (χ3v) is 1.96. The summed E-state index contributed by atoms with van der Waals surface area (Å²) in [6.07, 6.45) is 0. The Morgan fingerprint density at radius 2 is 2.20 bits per heavy atom. The number of rotatable bonds is 5. The molecular formula is C11H18N4. The molecular weight excluding hydrogens is 188 g/mol. The number of nitrogens with zero attached hydrogens (tertiary/aromatic N) is 3. The number of nitrogens with one attached hydrogen (secondary N) is 1. The van der Waals surface area contributed by atoms with Crippen molar-refractivity contribution in [3.8, 4) is 0 Å². The van der Waals surface area contributed by atoms with Gasteiger partial charge in [-0.2, -0.15) is 5.10 Å². The number of aromatic nitrogens is 2. The molecule has 0 radical (unpaired) electrons. The van der Waals surface area contributed by atoms with Crippen LogP contribution in [0.15, 0.2) is 24.3 Å². The van der Waals surface area contributed by atoms with Crippen LogP contribution in [0.4, 0.5) is 5.82 Å². The Hall–Kier alpha value is -1.42. The zero-order chi connectivity index (χ0) is 11.3. The van der Waals surface area contributed by atoms with E-state index >= 15 is 0 Å². The van der Waals surface area contributed by atoms with Crippen molar-refractivity contribution in [2.45, 2.75) is 13.5 Å². The van der Waals surface area contributed by atoms with Gasteiger partial charge in [-0.25, -0.2) is 0 Å². The van der Waals surface area contributed by atoms with Crippen LogP contribution in [0, 0.1) is 0 Å². The molecule has 0 unspecified atom stereocenters. The van der Waals surface area contributed by atoms with Crippen molar-refractivity contribution in [1.29, 1.82) is 0 Å². The van der Waals surface area contributed by atoms with Crippen LogP contribution in [0.25, 0.3) is 0 Å². The first kappa shape index (κ1) is 11.7. The molecule has 82 valence electrons. The largest absolute Gasteiger partial charge is 0.354 e. The van der Waals surface area contributed by atoms with Gasteiger partial charge in [0, 0.05) is 20.1 Å². The van der Waals surface area contributed by atoms with Crippen LogP contribution in [-0.4, -0.2) is 30.8 Å². The lowest BCUT2D eigenvalue weighted by Crippen LogP contribution is -2.21. The molecule has 1 aromatic rings. The average molecular weight is 206 g/mol. The fourth-order valence-electron chi connectivity index (χ4n) is 1.32. The standard InChI is InChI=1S/C11H18N4/c1-9(2)8-15(4)11-6-5-10(7-12-3)13-14-11/h5-6,12H,1,7-8H2,2-4H3. The van der Waals surface area contributed by atoms with Gasteiger partial charge in [-0.1, -0.05) is 12.2 Å². The summed E-state index contributed by atoms with van der Waals surface area (Å²) < 4.78 is 0. The van der Waals surface area contributed by atoms with E-state index in [9.17, 15) is 0 Å². The van der Waals surface area contributed by atoms with Gasteiger partial charge in [0.25, 0.3) is 0 Å². The second-order valence-corrected chi connectivity index (χ2v) is 3.73. The van der Waals surface area contributed by atoms with E-state index in [1.54, 1.807) is 0 Å². The third-order valence-electron chi connectivity index (χ3n) is 1.96. The quantitative estimate of drug-likeness (QED) is 0.735. The summed E-state index contributed by atoms with van der Waals surface area (Å²) in [5, 5.41) is 11.3. The first-order valence-electron chi connectivity index (χ1n) is 4.96. The van der Waals surface area contributed by atoms with Gasteiger partial charge in [-0.15, -0.1) is 5.10 Å². The Morgan fingerprint density at radius 3 is 2.67 bits per heavy atom. The maximum atomic E-state index is 4.15. The molecule has 0 amide bonds. The highest BCUT2D eigenvalue weighted by Crippen LogP contribution is 2.08. The Bertz CT molecular complexity index is 318. The number of anilines is 1. The van der Waals surface area contributed by atoms with E-state index < -0.39 is 0 Å². The second-order valence-electron chi connectivity index (χ2n) is 3.73. The molecule has 0 saturated carbocycles. The number of hydrogen-bond donors (Lipinski definition) is 1. The second kappa shape index (κ2) is 5.46. The lowest BCUT2D eigenvalue weighted by Gasteiger charge is -2.17. The lowest BCUT2D eigenvalue weighted by atomic mass is 10.3. The maximum absolute atomic E-state index is 4.15. The van der Waals surface area contributed by atoms with E-state index in [4.69, 9.17) is 0 Å². The van der Waals surface area contributed by atoms with Crippen molar-refractivity contribution in [3.63, 3.8) is 0 Å². The van der Waals surface area contributed by atoms with Crippen LogP contribution in [0.2, 0.25) is 0 Å². The Kier molecular flexibility index (Phi) is 4.24. The van der Waals surface area contributed by atoms with Crippen molar-refractivity contribution < 1.29 is 0 Å². The molecule has 0 spiro atoms. The van der Waals surface area contributed by atoms with Gasteiger partial charge in [0.05, 0.1) is 5.69 Å². The predicted octanol–water partition coefficient (Wildman–Crippen LogP) is 1.21. The van der Waals surface area contributed by atoms with E-state index in [0.717, 1.165) is 30.2 Å². The lowest BCUT2D eigenvalue weighted by molar-refractivity contribution is 0.762. The molecule has 1 heterocycles. The summed E-state index contributed by atoms with van der Waals surface area (Å²) in [5.74, 6) is 0.873. The minimum atomic E-state index is 0.748. The van der Waals surface area contributed by atoms with Crippen molar-refractivity contribution in [2.24, 2.45) is 0 Å². The molecule has 0 atom stereocenters. The Labute approximate surface area is 91.0 Å². The normalized spacial score (nSPS) is 10.1. The summed E-state index contributed by atoms with van der Waals surface area (Å²) in [4.78, 5) is 2.03. The van der Waals surface area contributed by atoms with Gasteiger partial charge < -0.3 is 10.2 Å². The first-order chi connectivity index (χ1) is 7.13. The zero-order valence-electron chi connectivity index (χ0n) is 9.62. The van der Waals surface area contributed by atoms with Crippen molar-refractivity contribution >= 4 is 5.82 Å². The number of likely N-dealkylation sites (N-methyl/N-ethyl adjacent to an activating group) is 1. The molecule has 0 aliphatic rings. The van der Waals surface area contributed by atoms with E-state index in [0.29, 0.717) is 0 Å². The van der Waals surface area contributed by atoms with E-state index in [1.807, 2.05) is 38.1 Å². The monoisotopic (exact) mass is 206 g/mol. The minimum Gasteiger partial charge on any atom is -0.354 e. The van der Waals surface area contributed by atoms with Crippen molar-refractivity contribution in [1.82, 2.24) is 15.5 Å². The first-order valence-corrected chi connectivity index (χ1v) is 4.96. The summed E-state index contributed by atoms with van der Waals surface area (Å²) in [5.41, 5.74) is 2.06. The molecule has 1 aromatic heterocycles. The van der Waals surface area contributed by atoms with Crippen LogP contribution < -0.4 is 10.2 Å². The maximum Gasteiger partial charge on any atom is 0.151 e. The molecule has 4 nitrogen and oxygen atoms in total. The van der Waals surface area contributed by atoms with Crippen LogP contribution in [0.5, 0.6) is 0 Å². The van der Waals surface area contributed by atoms with Gasteiger partial charge in [0.1, 0.15) is 0 Å². The molecule has 1 N–H and O–H groups in total. The van der Waals surface area contributed by atoms with Gasteiger partial charge in [0.15, 0.2) is 5.82 Å². The minimum absolute atomic E-state index is 0.748. The smallest absolute Gasteiger partial charge is 0.151 e. The Morgan fingerprint density at radius 1 is 1.47 bits per heavy atom. The molecule has 0 fully saturated rings. The third kappa shape index (κ3) is 3.67. The van der Waals surface area contributed by atoms with E-state index in [2.05, 4.69) is 22.1 Å².